The minimum Gasteiger partial charge on any atom is -0.386 e. The quantitative estimate of drug-likeness (QED) is 0.313. The first kappa shape index (κ1) is 19.8. The first-order valence-electron chi connectivity index (χ1n) is 10.5. The van der Waals surface area contributed by atoms with E-state index in [4.69, 9.17) is 0 Å². The SMILES string of the molecule is O=C1OC(=O)c2cc(-c3ccc(-c4ccc(-c5ccc6c(c5)C(=O)OC6=O)cc4)cc3)ccc21. The molecular weight excluding hydrogens is 432 g/mol. The van der Waals surface area contributed by atoms with Crippen LogP contribution in [-0.2, 0) is 9.47 Å². The van der Waals surface area contributed by atoms with Gasteiger partial charge >= 0.3 is 23.9 Å². The van der Waals surface area contributed by atoms with Crippen molar-refractivity contribution >= 4 is 23.9 Å². The second-order valence-electron chi connectivity index (χ2n) is 8.03. The number of carbonyl (C=O) groups excluding carboxylic acids is 4. The van der Waals surface area contributed by atoms with Crippen molar-refractivity contribution in [3.8, 4) is 33.4 Å². The van der Waals surface area contributed by atoms with Gasteiger partial charge in [0, 0.05) is 0 Å². The van der Waals surface area contributed by atoms with Gasteiger partial charge in [-0.05, 0) is 57.6 Å². The van der Waals surface area contributed by atoms with Gasteiger partial charge in [0.15, 0.2) is 0 Å². The maximum absolute atomic E-state index is 11.8. The molecule has 0 fully saturated rings. The molecule has 0 spiro atoms. The summed E-state index contributed by atoms with van der Waals surface area (Å²) in [4.78, 5) is 46.9. The molecule has 2 aliphatic rings. The highest BCUT2D eigenvalue weighted by Crippen LogP contribution is 2.31. The molecule has 0 unspecified atom stereocenters. The van der Waals surface area contributed by atoms with E-state index in [0.717, 1.165) is 33.4 Å². The average Bonchev–Trinajstić information content (AvgIpc) is 3.32. The Balaban J connectivity index is 1.26. The standard InChI is InChI=1S/C28H14O6/c29-25-21-11-9-19(13-23(21)27(31)33-25)17-5-1-15(2-6-17)16-3-7-18(8-4-16)20-10-12-22-24(14-20)28(32)34-26(22)30/h1-14H. The van der Waals surface area contributed by atoms with E-state index in [2.05, 4.69) is 9.47 Å². The highest BCUT2D eigenvalue weighted by Gasteiger charge is 2.30. The summed E-state index contributed by atoms with van der Waals surface area (Å²) in [6.45, 7) is 0. The van der Waals surface area contributed by atoms with E-state index in [1.165, 1.54) is 0 Å². The zero-order valence-electron chi connectivity index (χ0n) is 17.5. The van der Waals surface area contributed by atoms with Crippen LogP contribution in [0.5, 0.6) is 0 Å². The van der Waals surface area contributed by atoms with Gasteiger partial charge in [0.05, 0.1) is 22.3 Å². The van der Waals surface area contributed by atoms with E-state index in [1.807, 2.05) is 48.5 Å². The largest absolute Gasteiger partial charge is 0.386 e. The van der Waals surface area contributed by atoms with E-state index in [-0.39, 0.29) is 22.3 Å². The van der Waals surface area contributed by atoms with Crippen LogP contribution in [0.1, 0.15) is 41.4 Å². The smallest absolute Gasteiger partial charge is 0.346 e. The van der Waals surface area contributed by atoms with Crippen molar-refractivity contribution in [3.05, 3.63) is 107 Å². The van der Waals surface area contributed by atoms with E-state index < -0.39 is 23.9 Å². The molecular formula is C28H14O6. The van der Waals surface area contributed by atoms with Crippen LogP contribution in [0.2, 0.25) is 0 Å². The van der Waals surface area contributed by atoms with Crippen LogP contribution in [0.25, 0.3) is 33.4 Å². The molecule has 0 aromatic heterocycles. The lowest BCUT2D eigenvalue weighted by atomic mass is 9.96. The first-order valence-corrected chi connectivity index (χ1v) is 10.5. The maximum atomic E-state index is 11.8. The first-order chi connectivity index (χ1) is 16.5. The molecule has 0 saturated carbocycles. The Morgan fingerprint density at radius 2 is 0.588 bits per heavy atom. The van der Waals surface area contributed by atoms with Crippen LogP contribution < -0.4 is 0 Å². The average molecular weight is 446 g/mol. The molecule has 34 heavy (non-hydrogen) atoms. The van der Waals surface area contributed by atoms with Crippen LogP contribution in [0.15, 0.2) is 84.9 Å². The molecule has 0 aliphatic carbocycles. The van der Waals surface area contributed by atoms with Crippen molar-refractivity contribution < 1.29 is 28.7 Å². The molecule has 0 atom stereocenters. The van der Waals surface area contributed by atoms with Crippen molar-refractivity contribution in [1.82, 2.24) is 0 Å². The second-order valence-corrected chi connectivity index (χ2v) is 8.03. The molecule has 4 aromatic rings. The molecule has 0 bridgehead atoms. The van der Waals surface area contributed by atoms with Gasteiger partial charge in [-0.2, -0.15) is 0 Å². The molecule has 0 N–H and O–H groups in total. The Bertz CT molecular complexity index is 1430. The highest BCUT2D eigenvalue weighted by atomic mass is 16.6. The Morgan fingerprint density at radius 1 is 0.324 bits per heavy atom. The lowest BCUT2D eigenvalue weighted by Gasteiger charge is -2.08. The summed E-state index contributed by atoms with van der Waals surface area (Å²) in [5.41, 5.74) is 6.63. The zero-order valence-corrected chi connectivity index (χ0v) is 17.5. The predicted octanol–water partition coefficient (Wildman–Crippen LogP) is 5.31. The molecule has 0 amide bonds. The van der Waals surface area contributed by atoms with Crippen molar-refractivity contribution in [2.24, 2.45) is 0 Å². The van der Waals surface area contributed by atoms with Crippen LogP contribution >= 0.6 is 0 Å². The van der Waals surface area contributed by atoms with Gasteiger partial charge < -0.3 is 9.47 Å². The summed E-state index contributed by atoms with van der Waals surface area (Å²) in [5, 5.41) is 0. The Kier molecular flexibility index (Phi) is 4.28. The van der Waals surface area contributed by atoms with Crippen LogP contribution in [0, 0.1) is 0 Å². The van der Waals surface area contributed by atoms with Gasteiger partial charge in [0.1, 0.15) is 0 Å². The molecule has 6 rings (SSSR count). The van der Waals surface area contributed by atoms with E-state index in [9.17, 15) is 19.2 Å². The van der Waals surface area contributed by atoms with E-state index >= 15 is 0 Å². The molecule has 6 nitrogen and oxygen atoms in total. The summed E-state index contributed by atoms with van der Waals surface area (Å²) in [6, 6.07) is 25.9. The fraction of sp³-hybridized carbons (Fsp3) is 0. The second kappa shape index (κ2) is 7.35. The van der Waals surface area contributed by atoms with Crippen LogP contribution in [-0.4, -0.2) is 23.9 Å². The topological polar surface area (TPSA) is 86.7 Å². The van der Waals surface area contributed by atoms with Crippen LogP contribution in [0.3, 0.4) is 0 Å². The number of hydrogen-bond acceptors (Lipinski definition) is 6. The molecule has 2 aliphatic heterocycles. The fourth-order valence-corrected chi connectivity index (χ4v) is 4.24. The van der Waals surface area contributed by atoms with Gasteiger partial charge in [0.25, 0.3) is 0 Å². The van der Waals surface area contributed by atoms with Gasteiger partial charge in [-0.15, -0.1) is 0 Å². The Hall–Kier alpha value is -4.84. The third-order valence-corrected chi connectivity index (χ3v) is 6.06. The lowest BCUT2D eigenvalue weighted by molar-refractivity contribution is 0.0425. The minimum atomic E-state index is -0.620. The highest BCUT2D eigenvalue weighted by molar-refractivity contribution is 6.16. The number of hydrogen-bond donors (Lipinski definition) is 0. The number of fused-ring (bicyclic) bond motifs is 2. The summed E-state index contributed by atoms with van der Waals surface area (Å²) in [6.07, 6.45) is 0. The summed E-state index contributed by atoms with van der Waals surface area (Å²) < 4.78 is 9.31. The molecule has 4 aromatic carbocycles. The number of rotatable bonds is 3. The number of carbonyl (C=O) groups is 4. The molecule has 0 saturated heterocycles. The zero-order chi connectivity index (χ0) is 23.4. The third kappa shape index (κ3) is 3.12. The van der Waals surface area contributed by atoms with Crippen molar-refractivity contribution in [2.75, 3.05) is 0 Å². The molecule has 6 heteroatoms. The molecule has 0 radical (unpaired) electrons. The van der Waals surface area contributed by atoms with E-state index in [1.54, 1.807) is 36.4 Å². The monoisotopic (exact) mass is 446 g/mol. The van der Waals surface area contributed by atoms with Crippen molar-refractivity contribution in [3.63, 3.8) is 0 Å². The maximum Gasteiger partial charge on any atom is 0.346 e. The summed E-state index contributed by atoms with van der Waals surface area (Å²) in [7, 11) is 0. The normalized spacial score (nSPS) is 14.0. The summed E-state index contributed by atoms with van der Waals surface area (Å²) in [5.74, 6) is -2.46. The third-order valence-electron chi connectivity index (χ3n) is 6.06. The van der Waals surface area contributed by atoms with Gasteiger partial charge in [-0.3, -0.25) is 0 Å². The Morgan fingerprint density at radius 3 is 0.941 bits per heavy atom. The van der Waals surface area contributed by atoms with Crippen molar-refractivity contribution in [2.45, 2.75) is 0 Å². The van der Waals surface area contributed by atoms with E-state index in [0.29, 0.717) is 0 Å². The lowest BCUT2D eigenvalue weighted by Crippen LogP contribution is -1.96. The predicted molar refractivity (Wildman–Crippen MR) is 122 cm³/mol. The number of esters is 4. The number of benzene rings is 4. The molecule has 162 valence electrons. The van der Waals surface area contributed by atoms with Crippen molar-refractivity contribution in [1.29, 1.82) is 0 Å². The molecule has 2 heterocycles. The Labute approximate surface area is 193 Å². The minimum absolute atomic E-state index is 0.284. The number of ether oxygens (including phenoxy) is 2. The summed E-state index contributed by atoms with van der Waals surface area (Å²) >= 11 is 0. The number of cyclic esters (lactones) is 4. The van der Waals surface area contributed by atoms with Gasteiger partial charge in [0.2, 0.25) is 0 Å². The van der Waals surface area contributed by atoms with Crippen LogP contribution in [0.4, 0.5) is 0 Å². The van der Waals surface area contributed by atoms with Gasteiger partial charge in [-0.25, -0.2) is 19.2 Å². The van der Waals surface area contributed by atoms with Gasteiger partial charge in [-0.1, -0.05) is 60.7 Å². The fourth-order valence-electron chi connectivity index (χ4n) is 4.24.